The van der Waals surface area contributed by atoms with Crippen LogP contribution in [-0.4, -0.2) is 9.36 Å². The highest BCUT2D eigenvalue weighted by Gasteiger charge is 2.28. The van der Waals surface area contributed by atoms with E-state index in [1.54, 1.807) is 0 Å². The lowest BCUT2D eigenvalue weighted by atomic mass is 10.3. The van der Waals surface area contributed by atoms with E-state index in [9.17, 15) is 8.78 Å². The van der Waals surface area contributed by atoms with Crippen LogP contribution in [0.4, 0.5) is 8.78 Å². The molecule has 1 heterocycles. The summed E-state index contributed by atoms with van der Waals surface area (Å²) in [6, 6.07) is 2.40. The van der Waals surface area contributed by atoms with Crippen LogP contribution in [0, 0.1) is 11.6 Å². The van der Waals surface area contributed by atoms with Crippen LogP contribution < -0.4 is 4.74 Å². The summed E-state index contributed by atoms with van der Waals surface area (Å²) in [6.45, 7) is 0. The maximum absolute atomic E-state index is 13.5. The third-order valence-corrected chi connectivity index (χ3v) is 3.59. The Morgan fingerprint density at radius 1 is 1.33 bits per heavy atom. The Balaban J connectivity index is 1.86. The summed E-state index contributed by atoms with van der Waals surface area (Å²) in [4.78, 5) is 4.15. The van der Waals surface area contributed by atoms with Crippen molar-refractivity contribution >= 4 is 27.5 Å². The van der Waals surface area contributed by atoms with Gasteiger partial charge in [0.05, 0.1) is 0 Å². The molecule has 0 bridgehead atoms. The molecule has 0 atom stereocenters. The second-order valence-electron chi connectivity index (χ2n) is 3.99. The molecule has 94 valence electrons. The Bertz CT molecular complexity index is 601. The number of rotatable bonds is 3. The number of benzene rings is 1. The van der Waals surface area contributed by atoms with Gasteiger partial charge in [-0.05, 0) is 25.0 Å². The second-order valence-corrected chi connectivity index (χ2v) is 5.62. The third kappa shape index (κ3) is 2.37. The van der Waals surface area contributed by atoms with Crippen LogP contribution in [0.5, 0.6) is 10.9 Å². The number of ether oxygens (including phenoxy) is 1. The molecule has 0 amide bonds. The van der Waals surface area contributed by atoms with Crippen LogP contribution in [0.2, 0.25) is 0 Å². The van der Waals surface area contributed by atoms with E-state index in [1.807, 2.05) is 0 Å². The van der Waals surface area contributed by atoms with Crippen molar-refractivity contribution in [3.63, 3.8) is 0 Å². The van der Waals surface area contributed by atoms with Crippen molar-refractivity contribution in [1.29, 1.82) is 0 Å². The summed E-state index contributed by atoms with van der Waals surface area (Å²) < 4.78 is 36.4. The first kappa shape index (κ1) is 12.0. The highest BCUT2D eigenvalue weighted by molar-refractivity contribution is 9.10. The van der Waals surface area contributed by atoms with Crippen molar-refractivity contribution in [2.24, 2.45) is 0 Å². The lowest BCUT2D eigenvalue weighted by Gasteiger charge is -2.04. The quantitative estimate of drug-likeness (QED) is 0.788. The maximum Gasteiger partial charge on any atom is 0.298 e. The highest BCUT2D eigenvalue weighted by atomic mass is 79.9. The normalized spacial score (nSPS) is 14.8. The summed E-state index contributed by atoms with van der Waals surface area (Å²) >= 11 is 4.12. The van der Waals surface area contributed by atoms with Crippen molar-refractivity contribution in [2.75, 3.05) is 0 Å². The second kappa shape index (κ2) is 4.55. The largest absolute Gasteiger partial charge is 0.427 e. The fourth-order valence-electron chi connectivity index (χ4n) is 1.47. The molecular weight excluding hydrogens is 326 g/mol. The van der Waals surface area contributed by atoms with E-state index in [4.69, 9.17) is 4.74 Å². The number of aromatic nitrogens is 2. The molecule has 1 aliphatic rings. The molecule has 2 aromatic rings. The van der Waals surface area contributed by atoms with Gasteiger partial charge in [-0.25, -0.2) is 4.39 Å². The molecule has 0 radical (unpaired) electrons. The average molecular weight is 333 g/mol. The van der Waals surface area contributed by atoms with Gasteiger partial charge in [-0.2, -0.15) is 13.7 Å². The lowest BCUT2D eigenvalue weighted by Crippen LogP contribution is -1.92. The van der Waals surface area contributed by atoms with E-state index < -0.39 is 11.6 Å². The Morgan fingerprint density at radius 3 is 2.83 bits per heavy atom. The summed E-state index contributed by atoms with van der Waals surface area (Å²) in [5.41, 5.74) is 0. The monoisotopic (exact) mass is 332 g/mol. The molecule has 0 unspecified atom stereocenters. The van der Waals surface area contributed by atoms with Crippen LogP contribution in [-0.2, 0) is 0 Å². The van der Waals surface area contributed by atoms with Crippen molar-refractivity contribution in [2.45, 2.75) is 18.8 Å². The zero-order chi connectivity index (χ0) is 12.7. The van der Waals surface area contributed by atoms with Crippen LogP contribution in [0.15, 0.2) is 16.6 Å². The summed E-state index contributed by atoms with van der Waals surface area (Å²) in [6.07, 6.45) is 2.16. The molecule has 1 fully saturated rings. The van der Waals surface area contributed by atoms with Gasteiger partial charge < -0.3 is 4.74 Å². The Labute approximate surface area is 114 Å². The van der Waals surface area contributed by atoms with Gasteiger partial charge in [-0.1, -0.05) is 15.9 Å². The fraction of sp³-hybridized carbons (Fsp3) is 0.273. The first-order valence-corrected chi connectivity index (χ1v) is 6.86. The van der Waals surface area contributed by atoms with Gasteiger partial charge in [0, 0.05) is 21.9 Å². The number of hydrogen-bond donors (Lipinski definition) is 0. The Kier molecular flexibility index (Phi) is 3.03. The molecule has 0 saturated heterocycles. The molecule has 0 aliphatic heterocycles. The number of hydrogen-bond acceptors (Lipinski definition) is 4. The van der Waals surface area contributed by atoms with Crippen LogP contribution in [0.25, 0.3) is 0 Å². The van der Waals surface area contributed by atoms with Gasteiger partial charge in [0.25, 0.3) is 5.19 Å². The zero-order valence-corrected chi connectivity index (χ0v) is 11.4. The minimum absolute atomic E-state index is 0.194. The topological polar surface area (TPSA) is 35.0 Å². The van der Waals surface area contributed by atoms with Gasteiger partial charge in [-0.3, -0.25) is 0 Å². The van der Waals surface area contributed by atoms with Crippen LogP contribution in [0.3, 0.4) is 0 Å². The first-order chi connectivity index (χ1) is 8.63. The van der Waals surface area contributed by atoms with E-state index >= 15 is 0 Å². The van der Waals surface area contributed by atoms with E-state index in [0.29, 0.717) is 10.4 Å². The first-order valence-electron chi connectivity index (χ1n) is 5.29. The molecule has 1 aromatic carbocycles. The maximum atomic E-state index is 13.5. The van der Waals surface area contributed by atoms with E-state index in [-0.39, 0.29) is 10.9 Å². The summed E-state index contributed by atoms with van der Waals surface area (Å²) in [5, 5.41) is 0.230. The predicted molar refractivity (Wildman–Crippen MR) is 66.0 cm³/mol. The molecule has 0 N–H and O–H groups in total. The Hall–Kier alpha value is -1.08. The number of halogens is 3. The average Bonchev–Trinajstić information content (AvgIpc) is 3.07. The van der Waals surface area contributed by atoms with E-state index in [2.05, 4.69) is 25.3 Å². The lowest BCUT2D eigenvalue weighted by molar-refractivity contribution is 0.413. The molecule has 18 heavy (non-hydrogen) atoms. The van der Waals surface area contributed by atoms with Gasteiger partial charge in [0.2, 0.25) is 5.82 Å². The molecule has 0 spiro atoms. The van der Waals surface area contributed by atoms with E-state index in [0.717, 1.165) is 36.3 Å². The molecule has 3 nitrogen and oxygen atoms in total. The SMILES string of the molecule is Fc1cc(Br)cc(Oc2nc(C3CC3)ns2)c1F. The molecule has 3 rings (SSSR count). The summed E-state index contributed by atoms with van der Waals surface area (Å²) in [5.74, 6) is -1.05. The van der Waals surface area contributed by atoms with Gasteiger partial charge in [0.15, 0.2) is 11.6 Å². The van der Waals surface area contributed by atoms with Crippen molar-refractivity contribution in [3.05, 3.63) is 34.1 Å². The predicted octanol–water partition coefficient (Wildman–Crippen LogP) is 4.25. The van der Waals surface area contributed by atoms with Gasteiger partial charge in [0.1, 0.15) is 5.82 Å². The van der Waals surface area contributed by atoms with Crippen LogP contribution in [0.1, 0.15) is 24.6 Å². The third-order valence-electron chi connectivity index (χ3n) is 2.52. The smallest absolute Gasteiger partial charge is 0.298 e. The highest BCUT2D eigenvalue weighted by Crippen LogP contribution is 2.40. The minimum atomic E-state index is -1.03. The fourth-order valence-corrected chi connectivity index (χ4v) is 2.50. The molecule has 1 aromatic heterocycles. The van der Waals surface area contributed by atoms with E-state index in [1.165, 1.54) is 6.07 Å². The van der Waals surface area contributed by atoms with Gasteiger partial charge >= 0.3 is 0 Å². The minimum Gasteiger partial charge on any atom is -0.427 e. The molecule has 1 aliphatic carbocycles. The standard InChI is InChI=1S/C11H7BrF2N2OS/c12-6-3-7(13)9(14)8(4-6)17-11-15-10(16-18-11)5-1-2-5/h3-5H,1-2H2. The Morgan fingerprint density at radius 2 is 2.11 bits per heavy atom. The van der Waals surface area contributed by atoms with Crippen molar-refractivity contribution < 1.29 is 13.5 Å². The van der Waals surface area contributed by atoms with Crippen molar-refractivity contribution in [1.82, 2.24) is 9.36 Å². The van der Waals surface area contributed by atoms with Gasteiger partial charge in [-0.15, -0.1) is 0 Å². The molecule has 1 saturated carbocycles. The summed E-state index contributed by atoms with van der Waals surface area (Å²) in [7, 11) is 0. The van der Waals surface area contributed by atoms with Crippen LogP contribution >= 0.6 is 27.5 Å². The van der Waals surface area contributed by atoms with Crippen molar-refractivity contribution in [3.8, 4) is 10.9 Å². The molecule has 7 heteroatoms. The number of nitrogens with zero attached hydrogens (tertiary/aromatic N) is 2. The zero-order valence-electron chi connectivity index (χ0n) is 8.99. The molecular formula is C11H7BrF2N2OS.